The van der Waals surface area contributed by atoms with Crippen LogP contribution < -0.4 is 10.8 Å². The average molecular weight is 519 g/mol. The van der Waals surface area contributed by atoms with Crippen LogP contribution in [0, 0.1) is 11.8 Å². The Kier molecular flexibility index (Phi) is 7.91. The van der Waals surface area contributed by atoms with E-state index >= 15 is 0 Å². The fourth-order valence-electron chi connectivity index (χ4n) is 4.88. The molecular formula is C25H28F2N4O4S. The number of nitrogens with one attached hydrogen (secondary N) is 2. The number of carbonyl (C=O) groups excluding carboxylic acids is 2. The van der Waals surface area contributed by atoms with E-state index in [1.807, 2.05) is 10.8 Å². The maximum absolute atomic E-state index is 14.1. The van der Waals surface area contributed by atoms with Crippen LogP contribution in [-0.2, 0) is 11.2 Å². The van der Waals surface area contributed by atoms with Gasteiger partial charge in [0.15, 0.2) is 0 Å². The van der Waals surface area contributed by atoms with Gasteiger partial charge in [-0.05, 0) is 66.1 Å². The van der Waals surface area contributed by atoms with Crippen LogP contribution in [0.2, 0.25) is 0 Å². The van der Waals surface area contributed by atoms with Crippen molar-refractivity contribution in [2.45, 2.75) is 56.6 Å². The normalized spacial score (nSPS) is 19.8. The molecule has 1 saturated carbocycles. The van der Waals surface area contributed by atoms with Gasteiger partial charge in [0.1, 0.15) is 11.4 Å². The van der Waals surface area contributed by atoms with Crippen LogP contribution in [0.25, 0.3) is 11.0 Å². The van der Waals surface area contributed by atoms with Crippen LogP contribution in [-0.4, -0.2) is 43.7 Å². The number of hydrogen-bond acceptors (Lipinski definition) is 7. The third-order valence-corrected chi connectivity index (χ3v) is 7.40. The van der Waals surface area contributed by atoms with E-state index in [1.165, 1.54) is 17.5 Å². The Morgan fingerprint density at radius 2 is 2.03 bits per heavy atom. The molecule has 11 heteroatoms. The molecular weight excluding hydrogens is 490 g/mol. The molecule has 1 aliphatic carbocycles. The Balaban J connectivity index is 1.54. The second kappa shape index (κ2) is 10.9. The van der Waals surface area contributed by atoms with Crippen LogP contribution in [0.4, 0.5) is 8.78 Å². The first-order chi connectivity index (χ1) is 17.2. The highest BCUT2D eigenvalue weighted by molar-refractivity contribution is 7.07. The molecule has 4 N–H and O–H groups in total. The van der Waals surface area contributed by atoms with E-state index in [0.717, 1.165) is 5.56 Å². The van der Waals surface area contributed by atoms with Gasteiger partial charge in [0.25, 0.3) is 5.91 Å². The number of para-hydroxylation sites is 2. The summed E-state index contributed by atoms with van der Waals surface area (Å²) in [4.78, 5) is 34.1. The fraction of sp³-hybridized carbons (Fsp3) is 0.440. The van der Waals surface area contributed by atoms with Crippen LogP contribution >= 0.6 is 11.3 Å². The summed E-state index contributed by atoms with van der Waals surface area (Å²) in [5.41, 5.74) is 1.70. The first-order valence-corrected chi connectivity index (χ1v) is 12.7. The van der Waals surface area contributed by atoms with Crippen LogP contribution in [0.5, 0.6) is 0 Å². The smallest absolute Gasteiger partial charge is 0.273 e. The second-order valence-electron chi connectivity index (χ2n) is 9.37. The number of thiophene rings is 1. The summed E-state index contributed by atoms with van der Waals surface area (Å²) in [7, 11) is 0. The van der Waals surface area contributed by atoms with E-state index < -0.39 is 41.7 Å². The van der Waals surface area contributed by atoms with Gasteiger partial charge in [0, 0.05) is 25.2 Å². The van der Waals surface area contributed by atoms with Crippen molar-refractivity contribution in [3.63, 3.8) is 0 Å². The standard InChI is InChI=1S/C25H28F2N4O4S/c26-24(27)9-3-4-17(13-24)18(22(32)31-35)7-10-25(34,12-16-8-11-36-15-16)30-23(33)21-14-28-19-5-1-2-6-20(19)29-21/h1-2,5-6,8,11,14-15,17-18,34-35H,3-4,7,9-10,12-13H2,(H,30,33)(H,31,32). The van der Waals surface area contributed by atoms with Gasteiger partial charge in [-0.1, -0.05) is 12.1 Å². The summed E-state index contributed by atoms with van der Waals surface area (Å²) >= 11 is 1.43. The molecule has 0 aliphatic heterocycles. The zero-order valence-electron chi connectivity index (χ0n) is 19.5. The van der Waals surface area contributed by atoms with Gasteiger partial charge in [-0.3, -0.25) is 19.8 Å². The lowest BCUT2D eigenvalue weighted by molar-refractivity contribution is -0.139. The van der Waals surface area contributed by atoms with Crippen molar-refractivity contribution in [2.75, 3.05) is 0 Å². The number of halogens is 2. The zero-order valence-corrected chi connectivity index (χ0v) is 20.3. The lowest BCUT2D eigenvalue weighted by Crippen LogP contribution is -2.51. The number of hydrogen-bond donors (Lipinski definition) is 4. The summed E-state index contributed by atoms with van der Waals surface area (Å²) in [5, 5.41) is 27.0. The molecule has 1 aliphatic rings. The van der Waals surface area contributed by atoms with E-state index in [2.05, 4.69) is 15.3 Å². The topological polar surface area (TPSA) is 124 Å². The van der Waals surface area contributed by atoms with Gasteiger partial charge in [0.05, 0.1) is 17.2 Å². The van der Waals surface area contributed by atoms with E-state index in [9.17, 15) is 28.7 Å². The van der Waals surface area contributed by atoms with Crippen molar-refractivity contribution >= 4 is 34.2 Å². The maximum atomic E-state index is 14.1. The number of hydroxylamine groups is 1. The minimum absolute atomic E-state index is 0.00835. The van der Waals surface area contributed by atoms with Crippen molar-refractivity contribution < 1.29 is 28.7 Å². The summed E-state index contributed by atoms with van der Waals surface area (Å²) in [6, 6.07) is 8.86. The van der Waals surface area contributed by atoms with Crippen molar-refractivity contribution in [3.8, 4) is 0 Å². The Morgan fingerprint density at radius 1 is 1.25 bits per heavy atom. The molecule has 0 bridgehead atoms. The van der Waals surface area contributed by atoms with Crippen LogP contribution in [0.1, 0.15) is 54.6 Å². The van der Waals surface area contributed by atoms with Crippen LogP contribution in [0.15, 0.2) is 47.3 Å². The molecule has 0 spiro atoms. The van der Waals surface area contributed by atoms with E-state index in [4.69, 9.17) is 0 Å². The average Bonchev–Trinajstić information content (AvgIpc) is 3.35. The largest absolute Gasteiger partial charge is 0.371 e. The van der Waals surface area contributed by atoms with E-state index in [1.54, 1.807) is 35.8 Å². The molecule has 192 valence electrons. The number of benzene rings is 1. The number of amides is 2. The minimum Gasteiger partial charge on any atom is -0.371 e. The Labute approximate surface area is 210 Å². The first-order valence-electron chi connectivity index (χ1n) is 11.8. The van der Waals surface area contributed by atoms with Crippen molar-refractivity contribution in [1.82, 2.24) is 20.8 Å². The lowest BCUT2D eigenvalue weighted by atomic mass is 9.75. The molecule has 2 aromatic heterocycles. The highest BCUT2D eigenvalue weighted by Crippen LogP contribution is 2.41. The third-order valence-electron chi connectivity index (χ3n) is 6.67. The maximum Gasteiger partial charge on any atom is 0.273 e. The number of alkyl halides is 2. The summed E-state index contributed by atoms with van der Waals surface area (Å²) in [6.45, 7) is 0. The fourth-order valence-corrected chi connectivity index (χ4v) is 5.55. The van der Waals surface area contributed by atoms with Gasteiger partial charge in [-0.25, -0.2) is 19.2 Å². The molecule has 0 radical (unpaired) electrons. The zero-order chi connectivity index (χ0) is 25.8. The molecule has 1 fully saturated rings. The Bertz CT molecular complexity index is 1210. The molecule has 2 amide bonds. The molecule has 3 unspecified atom stereocenters. The molecule has 2 heterocycles. The van der Waals surface area contributed by atoms with E-state index in [-0.39, 0.29) is 37.8 Å². The monoisotopic (exact) mass is 518 g/mol. The van der Waals surface area contributed by atoms with Gasteiger partial charge in [-0.15, -0.1) is 0 Å². The molecule has 3 atom stereocenters. The van der Waals surface area contributed by atoms with E-state index in [0.29, 0.717) is 17.5 Å². The Hall–Kier alpha value is -3.02. The van der Waals surface area contributed by atoms with Crippen LogP contribution in [0.3, 0.4) is 0 Å². The van der Waals surface area contributed by atoms with Gasteiger partial charge in [0.2, 0.25) is 11.8 Å². The highest BCUT2D eigenvalue weighted by Gasteiger charge is 2.42. The Morgan fingerprint density at radius 3 is 2.72 bits per heavy atom. The summed E-state index contributed by atoms with van der Waals surface area (Å²) in [6.07, 6.45) is 1.22. The van der Waals surface area contributed by atoms with Crippen molar-refractivity contribution in [1.29, 1.82) is 0 Å². The minimum atomic E-state index is -2.88. The SMILES string of the molecule is O=C(NC(O)(CCC(C(=O)NO)C1CCCC(F)(F)C1)Cc1ccsc1)c1cnc2ccccc2n1. The summed E-state index contributed by atoms with van der Waals surface area (Å²) < 4.78 is 28.1. The molecule has 1 aromatic carbocycles. The molecule has 3 aromatic rings. The second-order valence-corrected chi connectivity index (χ2v) is 10.2. The summed E-state index contributed by atoms with van der Waals surface area (Å²) in [5.74, 6) is -5.92. The van der Waals surface area contributed by atoms with Gasteiger partial charge >= 0.3 is 0 Å². The number of aliphatic hydroxyl groups is 1. The molecule has 36 heavy (non-hydrogen) atoms. The molecule has 8 nitrogen and oxygen atoms in total. The predicted octanol–water partition coefficient (Wildman–Crippen LogP) is 4.08. The number of fused-ring (bicyclic) bond motifs is 1. The third kappa shape index (κ3) is 6.40. The lowest BCUT2D eigenvalue weighted by Gasteiger charge is -2.35. The van der Waals surface area contributed by atoms with Crippen molar-refractivity contribution in [3.05, 3.63) is 58.5 Å². The molecule has 0 saturated heterocycles. The number of aromatic nitrogens is 2. The highest BCUT2D eigenvalue weighted by atomic mass is 32.1. The number of rotatable bonds is 9. The predicted molar refractivity (Wildman–Crippen MR) is 130 cm³/mol. The molecule has 4 rings (SSSR count). The quantitative estimate of drug-likeness (QED) is 0.192. The first kappa shape index (κ1) is 26.1. The number of nitrogens with zero attached hydrogens (tertiary/aromatic N) is 2. The van der Waals surface area contributed by atoms with Gasteiger partial charge < -0.3 is 10.4 Å². The number of carbonyl (C=O) groups is 2. The van der Waals surface area contributed by atoms with Crippen molar-refractivity contribution in [2.24, 2.45) is 11.8 Å². The van der Waals surface area contributed by atoms with Gasteiger partial charge in [-0.2, -0.15) is 11.3 Å².